The summed E-state index contributed by atoms with van der Waals surface area (Å²) in [6.07, 6.45) is 3.81. The predicted molar refractivity (Wildman–Crippen MR) is 101 cm³/mol. The van der Waals surface area contributed by atoms with E-state index in [-0.39, 0.29) is 11.8 Å². The first-order chi connectivity index (χ1) is 12.9. The summed E-state index contributed by atoms with van der Waals surface area (Å²) in [4.78, 5) is 6.28. The number of aromatic nitrogens is 2. The number of benzene rings is 1. The largest absolute Gasteiger partial charge is 0.434 e. The van der Waals surface area contributed by atoms with Crippen LogP contribution >= 0.6 is 0 Å². The lowest BCUT2D eigenvalue weighted by molar-refractivity contribution is -0.0504. The average molecular weight is 380 g/mol. The third kappa shape index (κ3) is 6.21. The van der Waals surface area contributed by atoms with E-state index in [9.17, 15) is 8.78 Å². The van der Waals surface area contributed by atoms with Gasteiger partial charge in [0.15, 0.2) is 5.96 Å². The summed E-state index contributed by atoms with van der Waals surface area (Å²) in [5, 5.41) is 10.6. The van der Waals surface area contributed by atoms with Crippen molar-refractivity contribution in [1.82, 2.24) is 25.3 Å². The molecule has 1 aromatic carbocycles. The van der Waals surface area contributed by atoms with Crippen LogP contribution in [0.5, 0.6) is 5.75 Å². The zero-order valence-corrected chi connectivity index (χ0v) is 16.0. The maximum atomic E-state index is 12.5. The maximum absolute atomic E-state index is 12.5. The second-order valence-corrected chi connectivity index (χ2v) is 6.22. The monoisotopic (exact) mass is 380 g/mol. The van der Waals surface area contributed by atoms with Crippen molar-refractivity contribution < 1.29 is 13.5 Å². The molecule has 1 unspecified atom stereocenters. The number of aliphatic imine (C=N–C) groups is 1. The van der Waals surface area contributed by atoms with Gasteiger partial charge in [0, 0.05) is 44.5 Å². The summed E-state index contributed by atoms with van der Waals surface area (Å²) < 4.78 is 31.4. The van der Waals surface area contributed by atoms with E-state index in [1.165, 1.54) is 6.07 Å². The molecule has 0 fully saturated rings. The van der Waals surface area contributed by atoms with Crippen molar-refractivity contribution >= 4 is 5.96 Å². The minimum Gasteiger partial charge on any atom is -0.434 e. The lowest BCUT2D eigenvalue weighted by atomic mass is 10.1. The molecule has 0 aliphatic rings. The van der Waals surface area contributed by atoms with Crippen molar-refractivity contribution in [3.63, 3.8) is 0 Å². The van der Waals surface area contributed by atoms with Gasteiger partial charge in [-0.1, -0.05) is 18.2 Å². The Morgan fingerprint density at radius 2 is 2.04 bits per heavy atom. The molecule has 0 radical (unpaired) electrons. The molecule has 0 saturated heterocycles. The lowest BCUT2D eigenvalue weighted by Gasteiger charge is -2.24. The van der Waals surface area contributed by atoms with Gasteiger partial charge < -0.3 is 20.3 Å². The molecule has 2 N–H and O–H groups in total. The third-order valence-electron chi connectivity index (χ3n) is 4.05. The minimum atomic E-state index is -2.86. The summed E-state index contributed by atoms with van der Waals surface area (Å²) in [6.45, 7) is -1.95. The van der Waals surface area contributed by atoms with Crippen LogP contribution in [0.1, 0.15) is 17.2 Å². The highest BCUT2D eigenvalue weighted by Gasteiger charge is 2.16. The molecule has 1 aromatic heterocycles. The lowest BCUT2D eigenvalue weighted by Crippen LogP contribution is -2.41. The highest BCUT2D eigenvalue weighted by Crippen LogP contribution is 2.20. The number of nitrogens with zero attached hydrogens (tertiary/aromatic N) is 4. The van der Waals surface area contributed by atoms with E-state index in [2.05, 4.69) is 30.4 Å². The molecule has 0 spiro atoms. The van der Waals surface area contributed by atoms with Crippen LogP contribution in [0.15, 0.2) is 41.7 Å². The Kier molecular flexibility index (Phi) is 7.54. The molecular formula is C18H26F2N6O. The Morgan fingerprint density at radius 3 is 2.63 bits per heavy atom. The Balaban J connectivity index is 1.96. The number of hydrogen-bond acceptors (Lipinski definition) is 4. The highest BCUT2D eigenvalue weighted by atomic mass is 19.3. The van der Waals surface area contributed by atoms with E-state index in [0.717, 1.165) is 5.56 Å². The van der Waals surface area contributed by atoms with Gasteiger partial charge in [-0.2, -0.15) is 13.9 Å². The fourth-order valence-corrected chi connectivity index (χ4v) is 2.66. The van der Waals surface area contributed by atoms with E-state index < -0.39 is 6.61 Å². The van der Waals surface area contributed by atoms with Crippen molar-refractivity contribution in [2.75, 3.05) is 27.7 Å². The van der Waals surface area contributed by atoms with Crippen LogP contribution in [0.4, 0.5) is 8.78 Å². The van der Waals surface area contributed by atoms with E-state index >= 15 is 0 Å². The number of rotatable bonds is 8. The molecule has 0 aliphatic heterocycles. The smallest absolute Gasteiger partial charge is 0.387 e. The second-order valence-electron chi connectivity index (χ2n) is 6.22. The SMILES string of the molecule is CN=C(NCc1ccccc1OC(F)F)NCC(c1cnn(C)c1)N(C)C. The van der Waals surface area contributed by atoms with E-state index in [4.69, 9.17) is 0 Å². The van der Waals surface area contributed by atoms with Crippen LogP contribution in [0.2, 0.25) is 0 Å². The maximum Gasteiger partial charge on any atom is 0.387 e. The van der Waals surface area contributed by atoms with Crippen molar-refractivity contribution in [2.24, 2.45) is 12.0 Å². The summed E-state index contributed by atoms with van der Waals surface area (Å²) >= 11 is 0. The van der Waals surface area contributed by atoms with Crippen LogP contribution in [0, 0.1) is 0 Å². The van der Waals surface area contributed by atoms with Crippen molar-refractivity contribution in [2.45, 2.75) is 19.2 Å². The Hall–Kier alpha value is -2.68. The number of hydrogen-bond donors (Lipinski definition) is 2. The fourth-order valence-electron chi connectivity index (χ4n) is 2.66. The van der Waals surface area contributed by atoms with E-state index in [1.807, 2.05) is 33.5 Å². The highest BCUT2D eigenvalue weighted by molar-refractivity contribution is 5.79. The molecule has 27 heavy (non-hydrogen) atoms. The standard InChI is InChI=1S/C18H26F2N6O/c1-21-18(22-9-13-7-5-6-8-16(13)27-17(19)20)23-11-15(25(2)3)14-10-24-26(4)12-14/h5-8,10,12,15,17H,9,11H2,1-4H3,(H2,21,22,23). The fraction of sp³-hybridized carbons (Fsp3) is 0.444. The normalized spacial score (nSPS) is 13.1. The molecule has 7 nitrogen and oxygen atoms in total. The Morgan fingerprint density at radius 1 is 1.30 bits per heavy atom. The number of nitrogens with one attached hydrogen (secondary N) is 2. The molecule has 9 heteroatoms. The number of guanidine groups is 1. The van der Waals surface area contributed by atoms with Crippen LogP contribution in [0.3, 0.4) is 0 Å². The molecule has 2 rings (SSSR count). The first-order valence-electron chi connectivity index (χ1n) is 8.53. The predicted octanol–water partition coefficient (Wildman–Crippen LogP) is 1.99. The van der Waals surface area contributed by atoms with Crippen LogP contribution in [0.25, 0.3) is 0 Å². The molecule has 0 saturated carbocycles. The Bertz CT molecular complexity index is 747. The van der Waals surface area contributed by atoms with Crippen molar-refractivity contribution in [3.05, 3.63) is 47.8 Å². The van der Waals surface area contributed by atoms with Gasteiger partial charge in [-0.25, -0.2) is 0 Å². The number of ether oxygens (including phenoxy) is 1. The number of halogens is 2. The molecule has 148 valence electrons. The second kappa shape index (κ2) is 9.86. The first kappa shape index (κ1) is 20.6. The summed E-state index contributed by atoms with van der Waals surface area (Å²) in [5.41, 5.74) is 1.71. The summed E-state index contributed by atoms with van der Waals surface area (Å²) in [6, 6.07) is 6.78. The van der Waals surface area contributed by atoms with Gasteiger partial charge in [-0.3, -0.25) is 9.67 Å². The van der Waals surface area contributed by atoms with Gasteiger partial charge in [-0.15, -0.1) is 0 Å². The van der Waals surface area contributed by atoms with Crippen LogP contribution in [-0.4, -0.2) is 54.9 Å². The molecule has 2 aromatic rings. The number of aryl methyl sites for hydroxylation is 1. The van der Waals surface area contributed by atoms with Gasteiger partial charge in [0.25, 0.3) is 0 Å². The topological polar surface area (TPSA) is 66.7 Å². The number of likely N-dealkylation sites (N-methyl/N-ethyl adjacent to an activating group) is 1. The van der Waals surface area contributed by atoms with E-state index in [1.54, 1.807) is 29.9 Å². The quantitative estimate of drug-likeness (QED) is 0.542. The van der Waals surface area contributed by atoms with Crippen molar-refractivity contribution in [1.29, 1.82) is 0 Å². The number of para-hydroxylation sites is 1. The average Bonchev–Trinajstić information content (AvgIpc) is 3.04. The third-order valence-corrected chi connectivity index (χ3v) is 4.05. The Labute approximate surface area is 158 Å². The first-order valence-corrected chi connectivity index (χ1v) is 8.53. The van der Waals surface area contributed by atoms with E-state index in [0.29, 0.717) is 24.6 Å². The van der Waals surface area contributed by atoms with Gasteiger partial charge >= 0.3 is 6.61 Å². The molecule has 1 atom stereocenters. The molecule has 0 amide bonds. The van der Waals surface area contributed by atoms with Crippen LogP contribution < -0.4 is 15.4 Å². The number of alkyl halides is 2. The van der Waals surface area contributed by atoms with Gasteiger partial charge in [0.1, 0.15) is 5.75 Å². The molecule has 1 heterocycles. The van der Waals surface area contributed by atoms with Crippen molar-refractivity contribution in [3.8, 4) is 5.75 Å². The van der Waals surface area contributed by atoms with Crippen LogP contribution in [-0.2, 0) is 13.6 Å². The summed E-state index contributed by atoms with van der Waals surface area (Å²) in [7, 11) is 7.52. The zero-order valence-electron chi connectivity index (χ0n) is 16.0. The zero-order chi connectivity index (χ0) is 19.8. The molecule has 0 bridgehead atoms. The summed E-state index contributed by atoms with van der Waals surface area (Å²) in [5.74, 6) is 0.717. The van der Waals surface area contributed by atoms with Gasteiger partial charge in [0.05, 0.1) is 12.2 Å². The van der Waals surface area contributed by atoms with Gasteiger partial charge in [-0.05, 0) is 20.2 Å². The molecular weight excluding hydrogens is 354 g/mol. The minimum absolute atomic E-state index is 0.103. The molecule has 0 aliphatic carbocycles. The van der Waals surface area contributed by atoms with Gasteiger partial charge in [0.2, 0.25) is 0 Å².